The van der Waals surface area contributed by atoms with Crippen molar-refractivity contribution in [1.82, 2.24) is 0 Å². The van der Waals surface area contributed by atoms with Crippen LogP contribution in [-0.4, -0.2) is 20.8 Å². The molecule has 18 heavy (non-hydrogen) atoms. The predicted molar refractivity (Wildman–Crippen MR) is 78.1 cm³/mol. The first-order valence-corrected chi connectivity index (χ1v) is 9.03. The van der Waals surface area contributed by atoms with Gasteiger partial charge in [0.2, 0.25) is 9.05 Å². The van der Waals surface area contributed by atoms with Crippen LogP contribution in [0.25, 0.3) is 0 Å². The molecule has 0 bridgehead atoms. The van der Waals surface area contributed by atoms with Crippen molar-refractivity contribution >= 4 is 47.3 Å². The molecule has 1 rings (SSSR count). The van der Waals surface area contributed by atoms with Gasteiger partial charge in [0.1, 0.15) is 5.75 Å². The Hall–Kier alpha value is 0.0300. The first-order chi connectivity index (χ1) is 8.38. The van der Waals surface area contributed by atoms with Crippen molar-refractivity contribution in [1.29, 1.82) is 0 Å². The highest BCUT2D eigenvalue weighted by Crippen LogP contribution is 2.28. The van der Waals surface area contributed by atoms with Crippen LogP contribution in [-0.2, 0) is 9.05 Å². The maximum atomic E-state index is 10.7. The van der Waals surface area contributed by atoms with Gasteiger partial charge in [0, 0.05) is 15.7 Å². The molecule has 0 saturated heterocycles. The highest BCUT2D eigenvalue weighted by atomic mass is 79.9. The van der Waals surface area contributed by atoms with Gasteiger partial charge < -0.3 is 4.74 Å². The van der Waals surface area contributed by atoms with E-state index in [-0.39, 0.29) is 5.75 Å². The molecule has 0 spiro atoms. The molecule has 0 fully saturated rings. The van der Waals surface area contributed by atoms with E-state index in [0.717, 1.165) is 23.1 Å². The molecular formula is C11H13BrCl2O3S. The summed E-state index contributed by atoms with van der Waals surface area (Å²) in [7, 11) is 1.73. The molecule has 1 aromatic rings. The average molecular weight is 376 g/mol. The van der Waals surface area contributed by atoms with Crippen LogP contribution in [0.5, 0.6) is 5.75 Å². The number of hydrogen-bond acceptors (Lipinski definition) is 3. The highest BCUT2D eigenvalue weighted by Gasteiger charge is 2.04. The molecule has 3 nitrogen and oxygen atoms in total. The first kappa shape index (κ1) is 16.1. The van der Waals surface area contributed by atoms with Crippen molar-refractivity contribution in [2.45, 2.75) is 19.3 Å². The summed E-state index contributed by atoms with van der Waals surface area (Å²) < 4.78 is 27.7. The number of unbranched alkanes of at least 4 members (excludes halogenated alkanes) is 2. The fraction of sp³-hybridized carbons (Fsp3) is 0.455. The number of halogens is 3. The summed E-state index contributed by atoms with van der Waals surface area (Å²) in [6.45, 7) is 0.530. The normalized spacial score (nSPS) is 11.5. The third-order valence-corrected chi connectivity index (χ3v) is 4.28. The Labute approximate surface area is 125 Å². The molecule has 0 heterocycles. The second-order valence-electron chi connectivity index (χ2n) is 3.73. The minimum absolute atomic E-state index is 0.0131. The maximum Gasteiger partial charge on any atom is 0.232 e. The zero-order valence-electron chi connectivity index (χ0n) is 9.53. The van der Waals surface area contributed by atoms with Gasteiger partial charge in [-0.2, -0.15) is 0 Å². The van der Waals surface area contributed by atoms with Crippen LogP contribution in [0, 0.1) is 0 Å². The lowest BCUT2D eigenvalue weighted by atomic mass is 10.3. The second kappa shape index (κ2) is 7.58. The number of ether oxygens (including phenoxy) is 1. The average Bonchev–Trinajstić information content (AvgIpc) is 2.24. The molecule has 0 aliphatic heterocycles. The largest absolute Gasteiger partial charge is 0.492 e. The third-order valence-electron chi connectivity index (χ3n) is 2.18. The second-order valence-corrected chi connectivity index (χ2v) is 7.91. The van der Waals surface area contributed by atoms with Crippen LogP contribution in [0.15, 0.2) is 22.7 Å². The Balaban J connectivity index is 2.22. The molecule has 0 aliphatic carbocycles. The quantitative estimate of drug-likeness (QED) is 0.529. The zero-order chi connectivity index (χ0) is 13.6. The van der Waals surface area contributed by atoms with Crippen LogP contribution in [0.1, 0.15) is 19.3 Å². The van der Waals surface area contributed by atoms with Crippen LogP contribution in [0.4, 0.5) is 0 Å². The number of hydrogen-bond donors (Lipinski definition) is 0. The fourth-order valence-electron chi connectivity index (χ4n) is 1.33. The van der Waals surface area contributed by atoms with Crippen LogP contribution < -0.4 is 4.74 Å². The van der Waals surface area contributed by atoms with E-state index in [1.165, 1.54) is 0 Å². The summed E-state index contributed by atoms with van der Waals surface area (Å²) in [4.78, 5) is 0. The van der Waals surface area contributed by atoms with Gasteiger partial charge in [0.15, 0.2) is 0 Å². The van der Waals surface area contributed by atoms with E-state index in [9.17, 15) is 8.42 Å². The Morgan fingerprint density at radius 3 is 2.56 bits per heavy atom. The third kappa shape index (κ3) is 6.83. The lowest BCUT2D eigenvalue weighted by Gasteiger charge is -2.08. The topological polar surface area (TPSA) is 43.4 Å². The SMILES string of the molecule is O=S(=O)(Cl)CCCCCOc1ccc(Cl)cc1Br. The van der Waals surface area contributed by atoms with E-state index in [4.69, 9.17) is 27.0 Å². The molecule has 0 N–H and O–H groups in total. The van der Waals surface area contributed by atoms with E-state index >= 15 is 0 Å². The van der Waals surface area contributed by atoms with Gasteiger partial charge in [-0.25, -0.2) is 8.42 Å². The number of benzene rings is 1. The van der Waals surface area contributed by atoms with Gasteiger partial charge in [-0.15, -0.1) is 0 Å². The van der Waals surface area contributed by atoms with Crippen LogP contribution in [0.3, 0.4) is 0 Å². The number of rotatable bonds is 7. The fourth-order valence-corrected chi connectivity index (χ4v) is 3.00. The molecule has 7 heteroatoms. The first-order valence-electron chi connectivity index (χ1n) is 5.39. The Kier molecular flexibility index (Phi) is 6.77. The molecule has 102 valence electrons. The van der Waals surface area contributed by atoms with Crippen molar-refractivity contribution in [3.63, 3.8) is 0 Å². The van der Waals surface area contributed by atoms with Crippen molar-refractivity contribution in [3.05, 3.63) is 27.7 Å². The van der Waals surface area contributed by atoms with Gasteiger partial charge in [0.25, 0.3) is 0 Å². The summed E-state index contributed by atoms with van der Waals surface area (Å²) in [5.41, 5.74) is 0. The minimum Gasteiger partial charge on any atom is -0.492 e. The zero-order valence-corrected chi connectivity index (χ0v) is 13.4. The lowest BCUT2D eigenvalue weighted by Crippen LogP contribution is -2.01. The van der Waals surface area contributed by atoms with E-state index in [0.29, 0.717) is 18.1 Å². The van der Waals surface area contributed by atoms with Crippen molar-refractivity contribution in [3.8, 4) is 5.75 Å². The van der Waals surface area contributed by atoms with E-state index in [1.807, 2.05) is 0 Å². The van der Waals surface area contributed by atoms with Gasteiger partial charge in [-0.1, -0.05) is 11.6 Å². The molecule has 1 aromatic carbocycles. The highest BCUT2D eigenvalue weighted by molar-refractivity contribution is 9.10. The molecule has 0 amide bonds. The molecule has 0 aliphatic rings. The summed E-state index contributed by atoms with van der Waals surface area (Å²) in [5, 5.41) is 0.640. The van der Waals surface area contributed by atoms with Gasteiger partial charge in [-0.3, -0.25) is 0 Å². The summed E-state index contributed by atoms with van der Waals surface area (Å²) >= 11 is 9.16. The van der Waals surface area contributed by atoms with Crippen LogP contribution >= 0.6 is 38.2 Å². The van der Waals surface area contributed by atoms with Crippen molar-refractivity contribution in [2.75, 3.05) is 12.4 Å². The molecular weight excluding hydrogens is 363 g/mol. The van der Waals surface area contributed by atoms with Crippen LogP contribution in [0.2, 0.25) is 5.02 Å². The summed E-state index contributed by atoms with van der Waals surface area (Å²) in [5.74, 6) is 0.739. The van der Waals surface area contributed by atoms with E-state index < -0.39 is 9.05 Å². The van der Waals surface area contributed by atoms with Crippen molar-refractivity contribution < 1.29 is 13.2 Å². The molecule has 0 saturated carbocycles. The maximum absolute atomic E-state index is 10.7. The summed E-state index contributed by atoms with van der Waals surface area (Å²) in [6.07, 6.45) is 2.09. The van der Waals surface area contributed by atoms with Gasteiger partial charge in [0.05, 0.1) is 16.8 Å². The van der Waals surface area contributed by atoms with Gasteiger partial charge >= 0.3 is 0 Å². The Morgan fingerprint density at radius 1 is 1.22 bits per heavy atom. The lowest BCUT2D eigenvalue weighted by molar-refractivity contribution is 0.304. The predicted octanol–water partition coefficient (Wildman–Crippen LogP) is 4.22. The molecule has 0 atom stereocenters. The molecule has 0 aromatic heterocycles. The smallest absolute Gasteiger partial charge is 0.232 e. The van der Waals surface area contributed by atoms with E-state index in [2.05, 4.69) is 15.9 Å². The minimum atomic E-state index is -3.37. The monoisotopic (exact) mass is 374 g/mol. The molecule has 0 radical (unpaired) electrons. The Morgan fingerprint density at radius 2 is 1.94 bits per heavy atom. The molecule has 0 unspecified atom stereocenters. The van der Waals surface area contributed by atoms with Crippen molar-refractivity contribution in [2.24, 2.45) is 0 Å². The standard InChI is InChI=1S/C11H13BrCl2O3S/c12-10-8-9(13)4-5-11(10)17-6-2-1-3-7-18(14,15)16/h4-5,8H,1-3,6-7H2. The van der Waals surface area contributed by atoms with Gasteiger partial charge in [-0.05, 0) is 53.4 Å². The summed E-state index contributed by atoms with van der Waals surface area (Å²) in [6, 6.07) is 5.30. The Bertz CT molecular complexity index is 491. The van der Waals surface area contributed by atoms with E-state index in [1.54, 1.807) is 18.2 Å².